The fourth-order valence-electron chi connectivity index (χ4n) is 3.07. The molecule has 0 bridgehead atoms. The van der Waals surface area contributed by atoms with Gasteiger partial charge >= 0.3 is 12.1 Å². The van der Waals surface area contributed by atoms with Crippen LogP contribution in [0, 0.1) is 5.92 Å². The topological polar surface area (TPSA) is 178 Å². The Hall–Kier alpha value is -3.08. The molecule has 4 N–H and O–H groups in total. The number of H-pyrrole nitrogens is 1. The SMILES string of the molecule is CC(C)C(=O)Nc1nc2c(ncn2[C@@H]2O[C@H](CO)C(O)C2OCC(=O)OCC(F)(F)F)c(=O)[nH]1. The zero-order valence-electron chi connectivity index (χ0n) is 17.9. The lowest BCUT2D eigenvalue weighted by Crippen LogP contribution is -2.37. The number of aliphatic hydroxyl groups is 2. The fourth-order valence-corrected chi connectivity index (χ4v) is 3.07. The van der Waals surface area contributed by atoms with Crippen LogP contribution < -0.4 is 10.9 Å². The molecule has 3 rings (SSSR count). The smallest absolute Gasteiger partial charge is 0.422 e. The van der Waals surface area contributed by atoms with Gasteiger partial charge in [-0.05, 0) is 0 Å². The van der Waals surface area contributed by atoms with E-state index >= 15 is 0 Å². The quantitative estimate of drug-likeness (QED) is 0.349. The minimum atomic E-state index is -4.73. The Balaban J connectivity index is 1.87. The van der Waals surface area contributed by atoms with E-state index in [1.54, 1.807) is 13.8 Å². The second kappa shape index (κ2) is 10.0. The van der Waals surface area contributed by atoms with Crippen LogP contribution in [-0.4, -0.2) is 85.9 Å². The molecule has 0 radical (unpaired) electrons. The van der Waals surface area contributed by atoms with Gasteiger partial charge in [0.1, 0.15) is 24.9 Å². The zero-order valence-corrected chi connectivity index (χ0v) is 17.9. The first kappa shape index (κ1) is 25.5. The van der Waals surface area contributed by atoms with Gasteiger partial charge in [-0.2, -0.15) is 18.2 Å². The first-order chi connectivity index (χ1) is 15.9. The number of aromatic amines is 1. The molecule has 1 saturated heterocycles. The lowest BCUT2D eigenvalue weighted by atomic mass is 10.1. The summed E-state index contributed by atoms with van der Waals surface area (Å²) in [6, 6.07) is 0. The van der Waals surface area contributed by atoms with Crippen LogP contribution in [0.5, 0.6) is 0 Å². The molecular formula is C18H22F3N5O8. The van der Waals surface area contributed by atoms with Crippen LogP contribution >= 0.6 is 0 Å². The van der Waals surface area contributed by atoms with Crippen molar-refractivity contribution in [2.75, 3.05) is 25.1 Å². The molecule has 2 aromatic rings. The Labute approximate surface area is 188 Å². The molecule has 3 heterocycles. The lowest BCUT2D eigenvalue weighted by Gasteiger charge is -2.21. The number of anilines is 1. The predicted octanol–water partition coefficient (Wildman–Crippen LogP) is -0.545. The van der Waals surface area contributed by atoms with Crippen molar-refractivity contribution in [3.63, 3.8) is 0 Å². The van der Waals surface area contributed by atoms with Gasteiger partial charge in [0, 0.05) is 5.92 Å². The molecule has 1 aliphatic heterocycles. The summed E-state index contributed by atoms with van der Waals surface area (Å²) in [4.78, 5) is 46.4. The molecule has 4 atom stereocenters. The van der Waals surface area contributed by atoms with Crippen LogP contribution in [0.3, 0.4) is 0 Å². The zero-order chi connectivity index (χ0) is 25.2. The lowest BCUT2D eigenvalue weighted by molar-refractivity contribution is -0.191. The molecule has 0 saturated carbocycles. The molecular weight excluding hydrogens is 471 g/mol. The maximum Gasteiger partial charge on any atom is 0.422 e. The van der Waals surface area contributed by atoms with Gasteiger partial charge in [0.15, 0.2) is 24.0 Å². The maximum atomic E-state index is 12.4. The summed E-state index contributed by atoms with van der Waals surface area (Å²) in [6.07, 6.45) is -8.99. The Morgan fingerprint density at radius 3 is 2.71 bits per heavy atom. The van der Waals surface area contributed by atoms with Crippen LogP contribution in [0.2, 0.25) is 0 Å². The Bertz CT molecular complexity index is 1100. The highest BCUT2D eigenvalue weighted by Crippen LogP contribution is 2.33. The maximum absolute atomic E-state index is 12.4. The average molecular weight is 493 g/mol. The minimum absolute atomic E-state index is 0.0909. The number of esters is 1. The van der Waals surface area contributed by atoms with Crippen LogP contribution in [0.15, 0.2) is 11.1 Å². The Morgan fingerprint density at radius 1 is 1.38 bits per heavy atom. The van der Waals surface area contributed by atoms with Gasteiger partial charge in [0.2, 0.25) is 11.9 Å². The molecule has 13 nitrogen and oxygen atoms in total. The van der Waals surface area contributed by atoms with Crippen LogP contribution in [0.25, 0.3) is 11.2 Å². The second-order valence-electron chi connectivity index (χ2n) is 7.67. The van der Waals surface area contributed by atoms with Crippen molar-refractivity contribution in [2.45, 2.75) is 44.6 Å². The number of carbonyl (C=O) groups excluding carboxylic acids is 2. The van der Waals surface area contributed by atoms with Crippen molar-refractivity contribution >= 4 is 29.0 Å². The van der Waals surface area contributed by atoms with E-state index in [9.17, 15) is 37.8 Å². The molecule has 34 heavy (non-hydrogen) atoms. The van der Waals surface area contributed by atoms with Gasteiger partial charge in [0.05, 0.1) is 12.9 Å². The molecule has 188 valence electrons. The van der Waals surface area contributed by atoms with Crippen molar-refractivity contribution in [1.29, 1.82) is 0 Å². The first-order valence-corrected chi connectivity index (χ1v) is 9.97. The van der Waals surface area contributed by atoms with E-state index < -0.39 is 73.9 Å². The molecule has 1 amide bonds. The highest BCUT2D eigenvalue weighted by Gasteiger charge is 2.46. The van der Waals surface area contributed by atoms with E-state index in [0.29, 0.717) is 0 Å². The summed E-state index contributed by atoms with van der Waals surface area (Å²) in [7, 11) is 0. The van der Waals surface area contributed by atoms with E-state index in [4.69, 9.17) is 9.47 Å². The fraction of sp³-hybridized carbons (Fsp3) is 0.611. The third-order valence-electron chi connectivity index (χ3n) is 4.76. The van der Waals surface area contributed by atoms with Crippen LogP contribution in [-0.2, 0) is 23.8 Å². The van der Waals surface area contributed by atoms with Crippen molar-refractivity contribution in [3.8, 4) is 0 Å². The van der Waals surface area contributed by atoms with E-state index in [-0.39, 0.29) is 17.1 Å². The van der Waals surface area contributed by atoms with Gasteiger partial charge in [-0.3, -0.25) is 24.5 Å². The summed E-state index contributed by atoms with van der Waals surface area (Å²) in [6.45, 7) is -0.189. The number of carbonyl (C=O) groups is 2. The average Bonchev–Trinajstić information content (AvgIpc) is 3.31. The molecule has 2 unspecified atom stereocenters. The number of alkyl halides is 3. The standard InChI is InChI=1S/C18H22F3N5O8/c1-7(2)14(30)24-17-23-13-10(15(31)25-17)22-6-26(13)16-12(11(29)8(3-27)34-16)32-4-9(28)33-5-18(19,20)21/h6-8,11-12,16,27,29H,3-5H2,1-2H3,(H2,23,24,25,30,31)/t8-,11?,12?,16-/m1/s1. The molecule has 0 aliphatic carbocycles. The summed E-state index contributed by atoms with van der Waals surface area (Å²) in [5, 5.41) is 22.3. The van der Waals surface area contributed by atoms with Gasteiger partial charge < -0.3 is 24.4 Å². The molecule has 0 spiro atoms. The van der Waals surface area contributed by atoms with E-state index in [1.807, 2.05) is 0 Å². The molecule has 2 aromatic heterocycles. The number of nitrogens with one attached hydrogen (secondary N) is 2. The van der Waals surface area contributed by atoms with Gasteiger partial charge in [-0.1, -0.05) is 13.8 Å². The molecule has 1 fully saturated rings. The number of amides is 1. The molecule has 16 heteroatoms. The molecule has 1 aliphatic rings. The predicted molar refractivity (Wildman–Crippen MR) is 105 cm³/mol. The van der Waals surface area contributed by atoms with Crippen molar-refractivity contribution in [3.05, 3.63) is 16.7 Å². The van der Waals surface area contributed by atoms with E-state index in [1.165, 1.54) is 4.57 Å². The number of hydrogen-bond acceptors (Lipinski definition) is 10. The number of aliphatic hydroxyl groups excluding tert-OH is 2. The van der Waals surface area contributed by atoms with E-state index in [0.717, 1.165) is 6.33 Å². The monoisotopic (exact) mass is 493 g/mol. The van der Waals surface area contributed by atoms with Crippen molar-refractivity contribution in [1.82, 2.24) is 19.5 Å². The summed E-state index contributed by atoms with van der Waals surface area (Å²) in [5.41, 5.74) is -0.948. The Kier molecular flexibility index (Phi) is 7.54. The van der Waals surface area contributed by atoms with Crippen molar-refractivity contribution in [2.24, 2.45) is 5.92 Å². The number of halogens is 3. The van der Waals surface area contributed by atoms with Crippen LogP contribution in [0.4, 0.5) is 19.1 Å². The number of rotatable bonds is 8. The number of imidazole rings is 1. The summed E-state index contributed by atoms with van der Waals surface area (Å²) >= 11 is 0. The first-order valence-electron chi connectivity index (χ1n) is 9.97. The molecule has 0 aromatic carbocycles. The van der Waals surface area contributed by atoms with E-state index in [2.05, 4.69) is 25.0 Å². The number of fused-ring (bicyclic) bond motifs is 1. The van der Waals surface area contributed by atoms with Crippen molar-refractivity contribution < 1.29 is 47.2 Å². The summed E-state index contributed by atoms with van der Waals surface area (Å²) < 4.78 is 52.7. The summed E-state index contributed by atoms with van der Waals surface area (Å²) in [5.74, 6) is -2.39. The van der Waals surface area contributed by atoms with Gasteiger partial charge in [-0.25, -0.2) is 9.78 Å². The highest BCUT2D eigenvalue weighted by molar-refractivity contribution is 5.91. The number of ether oxygens (including phenoxy) is 3. The highest BCUT2D eigenvalue weighted by atomic mass is 19.4. The normalized spacial score (nSPS) is 22.9. The number of aromatic nitrogens is 4. The largest absolute Gasteiger partial charge is 0.454 e. The minimum Gasteiger partial charge on any atom is -0.454 e. The van der Waals surface area contributed by atoms with Gasteiger partial charge in [-0.15, -0.1) is 0 Å². The van der Waals surface area contributed by atoms with Gasteiger partial charge in [0.25, 0.3) is 5.56 Å². The van der Waals surface area contributed by atoms with Crippen LogP contribution in [0.1, 0.15) is 20.1 Å². The Morgan fingerprint density at radius 2 is 2.09 bits per heavy atom. The number of hydrogen-bond donors (Lipinski definition) is 4. The number of nitrogens with zero attached hydrogens (tertiary/aromatic N) is 3. The third kappa shape index (κ3) is 5.69. The third-order valence-corrected chi connectivity index (χ3v) is 4.76. The second-order valence-corrected chi connectivity index (χ2v) is 7.67.